The number of nitrogens with one attached hydrogen (secondary N) is 1. The lowest BCUT2D eigenvalue weighted by Crippen LogP contribution is -2.13. The highest BCUT2D eigenvalue weighted by molar-refractivity contribution is 6.09. The molecule has 0 aliphatic carbocycles. The largest absolute Gasteiger partial charge is 0.494 e. The van der Waals surface area contributed by atoms with E-state index in [2.05, 4.69) is 9.88 Å². The monoisotopic (exact) mass is 491 g/mol. The highest BCUT2D eigenvalue weighted by Gasteiger charge is 2.14. The van der Waals surface area contributed by atoms with Gasteiger partial charge in [0.25, 0.3) is 5.91 Å². The lowest BCUT2D eigenvalue weighted by atomic mass is 10.1. The van der Waals surface area contributed by atoms with Gasteiger partial charge in [-0.15, -0.1) is 0 Å². The second-order valence-electron chi connectivity index (χ2n) is 8.51. The summed E-state index contributed by atoms with van der Waals surface area (Å²) in [5.74, 6) is 0.968. The van der Waals surface area contributed by atoms with E-state index in [-0.39, 0.29) is 5.57 Å². The number of nitrogens with zero attached hydrogens (tertiary/aromatic N) is 2. The number of aromatic nitrogens is 1. The van der Waals surface area contributed by atoms with E-state index in [1.54, 1.807) is 24.3 Å². The van der Waals surface area contributed by atoms with Crippen molar-refractivity contribution in [3.8, 4) is 23.3 Å². The van der Waals surface area contributed by atoms with E-state index in [1.165, 1.54) is 0 Å². The third-order valence-electron chi connectivity index (χ3n) is 5.88. The number of amides is 1. The smallest absolute Gasteiger partial charge is 0.266 e. The Morgan fingerprint density at radius 3 is 2.41 bits per heavy atom. The van der Waals surface area contributed by atoms with Crippen molar-refractivity contribution in [1.82, 2.24) is 4.57 Å². The number of hydrogen-bond acceptors (Lipinski definition) is 4. The summed E-state index contributed by atoms with van der Waals surface area (Å²) in [4.78, 5) is 12.8. The molecule has 0 atom stereocenters. The zero-order valence-electron chi connectivity index (χ0n) is 21.2. The molecule has 186 valence electrons. The van der Waals surface area contributed by atoms with Crippen LogP contribution in [0.3, 0.4) is 0 Å². The van der Waals surface area contributed by atoms with Crippen molar-refractivity contribution in [2.24, 2.45) is 0 Å². The van der Waals surface area contributed by atoms with E-state index in [9.17, 15) is 10.1 Å². The molecule has 0 saturated carbocycles. The van der Waals surface area contributed by atoms with Crippen LogP contribution < -0.4 is 14.8 Å². The third-order valence-corrected chi connectivity index (χ3v) is 5.88. The summed E-state index contributed by atoms with van der Waals surface area (Å²) in [6.07, 6.45) is 1.62. The molecule has 1 heterocycles. The van der Waals surface area contributed by atoms with Gasteiger partial charge in [0.2, 0.25) is 0 Å². The lowest BCUT2D eigenvalue weighted by molar-refractivity contribution is -0.112. The number of ether oxygens (including phenoxy) is 2. The Labute approximate surface area is 217 Å². The normalized spacial score (nSPS) is 11.0. The molecule has 0 saturated heterocycles. The van der Waals surface area contributed by atoms with Gasteiger partial charge in [-0.25, -0.2) is 0 Å². The number of nitriles is 1. The first kappa shape index (κ1) is 25.3. The van der Waals surface area contributed by atoms with Crippen LogP contribution >= 0.6 is 0 Å². The van der Waals surface area contributed by atoms with E-state index in [0.29, 0.717) is 24.7 Å². The minimum Gasteiger partial charge on any atom is -0.494 e. The number of carbonyl (C=O) groups is 1. The Kier molecular flexibility index (Phi) is 8.07. The Morgan fingerprint density at radius 1 is 0.946 bits per heavy atom. The van der Waals surface area contributed by atoms with Gasteiger partial charge >= 0.3 is 0 Å². The molecule has 37 heavy (non-hydrogen) atoms. The Morgan fingerprint density at radius 2 is 1.70 bits per heavy atom. The molecule has 0 bridgehead atoms. The van der Waals surface area contributed by atoms with Crippen LogP contribution in [0, 0.1) is 25.2 Å². The Hall–Kier alpha value is -4.76. The fourth-order valence-electron chi connectivity index (χ4n) is 4.10. The van der Waals surface area contributed by atoms with Gasteiger partial charge in [-0.3, -0.25) is 4.79 Å². The molecular weight excluding hydrogens is 462 g/mol. The van der Waals surface area contributed by atoms with Crippen LogP contribution in [0.15, 0.2) is 90.5 Å². The molecule has 1 aromatic heterocycles. The Bertz CT molecular complexity index is 1450. The van der Waals surface area contributed by atoms with Crippen molar-refractivity contribution >= 4 is 17.7 Å². The number of hydrogen-bond donors (Lipinski definition) is 1. The molecule has 6 heteroatoms. The first-order chi connectivity index (χ1) is 18.0. The van der Waals surface area contributed by atoms with E-state index >= 15 is 0 Å². The van der Waals surface area contributed by atoms with Gasteiger partial charge in [0, 0.05) is 28.8 Å². The predicted octanol–water partition coefficient (Wildman–Crippen LogP) is 6.62. The number of benzene rings is 3. The van der Waals surface area contributed by atoms with Crippen LogP contribution in [0.2, 0.25) is 0 Å². The van der Waals surface area contributed by atoms with Gasteiger partial charge in [0.1, 0.15) is 29.7 Å². The molecular formula is C31H29N3O3. The summed E-state index contributed by atoms with van der Waals surface area (Å²) in [5, 5.41) is 12.5. The van der Waals surface area contributed by atoms with E-state index in [1.807, 2.05) is 93.6 Å². The number of rotatable bonds is 9. The van der Waals surface area contributed by atoms with E-state index in [4.69, 9.17) is 9.47 Å². The predicted molar refractivity (Wildman–Crippen MR) is 146 cm³/mol. The average Bonchev–Trinajstić information content (AvgIpc) is 3.19. The van der Waals surface area contributed by atoms with Crippen molar-refractivity contribution in [1.29, 1.82) is 5.26 Å². The van der Waals surface area contributed by atoms with Crippen LogP contribution in [0.25, 0.3) is 11.8 Å². The van der Waals surface area contributed by atoms with E-state index < -0.39 is 5.91 Å². The maximum absolute atomic E-state index is 12.8. The number of anilines is 1. The van der Waals surface area contributed by atoms with Gasteiger partial charge < -0.3 is 19.4 Å². The molecule has 4 rings (SSSR count). The van der Waals surface area contributed by atoms with Crippen molar-refractivity contribution in [3.63, 3.8) is 0 Å². The first-order valence-electron chi connectivity index (χ1n) is 12.1. The van der Waals surface area contributed by atoms with Crippen molar-refractivity contribution in [2.75, 3.05) is 11.9 Å². The summed E-state index contributed by atoms with van der Waals surface area (Å²) in [6, 6.07) is 29.0. The molecule has 0 unspecified atom stereocenters. The molecule has 0 fully saturated rings. The van der Waals surface area contributed by atoms with Crippen LogP contribution in [0.4, 0.5) is 5.69 Å². The summed E-state index contributed by atoms with van der Waals surface area (Å²) in [6.45, 7) is 6.89. The zero-order valence-corrected chi connectivity index (χ0v) is 21.2. The van der Waals surface area contributed by atoms with E-state index in [0.717, 1.165) is 34.0 Å². The minimum absolute atomic E-state index is 0.0201. The molecule has 4 aromatic rings. The molecule has 0 spiro atoms. The molecule has 3 aromatic carbocycles. The maximum Gasteiger partial charge on any atom is 0.266 e. The van der Waals surface area contributed by atoms with Gasteiger partial charge in [-0.1, -0.05) is 36.4 Å². The highest BCUT2D eigenvalue weighted by atomic mass is 16.5. The molecule has 0 aliphatic rings. The van der Waals surface area contributed by atoms with Gasteiger partial charge in [0.15, 0.2) is 0 Å². The van der Waals surface area contributed by atoms with Gasteiger partial charge in [-0.2, -0.15) is 5.26 Å². The van der Waals surface area contributed by atoms with Crippen LogP contribution in [0.5, 0.6) is 11.5 Å². The summed E-state index contributed by atoms with van der Waals surface area (Å²) in [7, 11) is 0. The van der Waals surface area contributed by atoms with Gasteiger partial charge in [-0.05, 0) is 80.4 Å². The second-order valence-corrected chi connectivity index (χ2v) is 8.51. The quantitative estimate of drug-likeness (QED) is 0.211. The SMILES string of the molecule is CCOc1cccc(NC(=O)/C(C#N)=C\c2cc(C)n(-c3ccc(OCc4ccccc4)cc3)c2C)c1. The lowest BCUT2D eigenvalue weighted by Gasteiger charge is -2.12. The number of carbonyl (C=O) groups excluding carboxylic acids is 1. The Balaban J connectivity index is 1.50. The summed E-state index contributed by atoms with van der Waals surface area (Å²) in [5.41, 5.74) is 5.38. The fourth-order valence-corrected chi connectivity index (χ4v) is 4.10. The molecule has 1 N–H and O–H groups in total. The topological polar surface area (TPSA) is 76.3 Å². The van der Waals surface area contributed by atoms with Crippen molar-refractivity contribution < 1.29 is 14.3 Å². The molecule has 0 radical (unpaired) electrons. The fraction of sp³-hybridized carbons (Fsp3) is 0.161. The minimum atomic E-state index is -0.471. The standard InChI is InChI=1S/C31H29N3O3/c1-4-36-30-12-8-11-27(19-30)33-31(35)26(20-32)18-25-17-22(2)34(23(25)3)28-13-15-29(16-14-28)37-21-24-9-6-5-7-10-24/h5-19H,4,21H2,1-3H3,(H,33,35)/b26-18-. The summed E-state index contributed by atoms with van der Waals surface area (Å²) < 4.78 is 13.5. The average molecular weight is 492 g/mol. The third kappa shape index (κ3) is 6.28. The molecule has 1 amide bonds. The first-order valence-corrected chi connectivity index (χ1v) is 12.1. The summed E-state index contributed by atoms with van der Waals surface area (Å²) >= 11 is 0. The zero-order chi connectivity index (χ0) is 26.2. The van der Waals surface area contributed by atoms with Crippen LogP contribution in [-0.2, 0) is 11.4 Å². The maximum atomic E-state index is 12.8. The number of aryl methyl sites for hydroxylation is 1. The van der Waals surface area contributed by atoms with Crippen LogP contribution in [0.1, 0.15) is 29.4 Å². The van der Waals surface area contributed by atoms with Crippen molar-refractivity contribution in [2.45, 2.75) is 27.4 Å². The van der Waals surface area contributed by atoms with Crippen molar-refractivity contribution in [3.05, 3.63) is 113 Å². The molecule has 0 aliphatic heterocycles. The van der Waals surface area contributed by atoms with Crippen LogP contribution in [-0.4, -0.2) is 17.1 Å². The molecule has 6 nitrogen and oxygen atoms in total. The second kappa shape index (κ2) is 11.8. The van der Waals surface area contributed by atoms with Gasteiger partial charge in [0.05, 0.1) is 6.61 Å². The highest BCUT2D eigenvalue weighted by Crippen LogP contribution is 2.25.